The molecule has 7 nitrogen and oxygen atoms in total. The zero-order valence-electron chi connectivity index (χ0n) is 12.3. The maximum Gasteiger partial charge on any atom is 0.307 e. The molecule has 0 radical (unpaired) electrons. The molecule has 1 rings (SSSR count). The van der Waals surface area contributed by atoms with E-state index in [2.05, 4.69) is 20.0 Å². The van der Waals surface area contributed by atoms with Crippen molar-refractivity contribution in [1.82, 2.24) is 15.3 Å². The Morgan fingerprint density at radius 3 is 2.76 bits per heavy atom. The van der Waals surface area contributed by atoms with Crippen LogP contribution in [0.4, 0.5) is 0 Å². The number of hydrogen-bond acceptors (Lipinski definition) is 6. The van der Waals surface area contributed by atoms with Crippen molar-refractivity contribution in [3.8, 4) is 0 Å². The predicted molar refractivity (Wildman–Crippen MR) is 79.3 cm³/mol. The molecule has 21 heavy (non-hydrogen) atoms. The van der Waals surface area contributed by atoms with Crippen LogP contribution in [0.25, 0.3) is 0 Å². The average molecular weight is 313 g/mol. The summed E-state index contributed by atoms with van der Waals surface area (Å²) >= 11 is 1.15. The van der Waals surface area contributed by atoms with E-state index in [1.807, 2.05) is 6.92 Å². The number of aryl methyl sites for hydroxylation is 1. The van der Waals surface area contributed by atoms with Crippen LogP contribution in [0.1, 0.15) is 24.6 Å². The van der Waals surface area contributed by atoms with Crippen molar-refractivity contribution in [2.75, 3.05) is 19.4 Å². The molecule has 0 aliphatic rings. The number of ether oxygens (including phenoxy) is 1. The first kappa shape index (κ1) is 17.2. The number of H-pyrrole nitrogens is 1. The number of carbonyl (C=O) groups is 2. The second-order valence-electron chi connectivity index (χ2n) is 4.26. The van der Waals surface area contributed by atoms with Crippen LogP contribution < -0.4 is 10.9 Å². The predicted octanol–water partition coefficient (Wildman–Crippen LogP) is 0.412. The zero-order chi connectivity index (χ0) is 15.8. The molecule has 0 saturated carbocycles. The number of nitrogens with zero attached hydrogens (tertiary/aromatic N) is 1. The van der Waals surface area contributed by atoms with Gasteiger partial charge in [-0.2, -0.15) is 0 Å². The summed E-state index contributed by atoms with van der Waals surface area (Å²) in [7, 11) is 1.30. The first-order valence-corrected chi connectivity index (χ1v) is 7.52. The van der Waals surface area contributed by atoms with E-state index in [-0.39, 0.29) is 36.2 Å². The Labute approximate surface area is 126 Å². The SMILES string of the molecule is CCc1nc(SCC(=O)NCCC(=O)OC)[nH]c(=O)c1C. The van der Waals surface area contributed by atoms with Gasteiger partial charge in [0.25, 0.3) is 5.56 Å². The Morgan fingerprint density at radius 1 is 1.43 bits per heavy atom. The van der Waals surface area contributed by atoms with Crippen molar-refractivity contribution in [3.05, 3.63) is 21.6 Å². The number of aromatic amines is 1. The number of aromatic nitrogens is 2. The molecule has 0 spiro atoms. The number of methoxy groups -OCH3 is 1. The lowest BCUT2D eigenvalue weighted by Crippen LogP contribution is -2.28. The van der Waals surface area contributed by atoms with E-state index < -0.39 is 0 Å². The van der Waals surface area contributed by atoms with E-state index in [9.17, 15) is 14.4 Å². The monoisotopic (exact) mass is 313 g/mol. The molecule has 0 fully saturated rings. The molecule has 0 unspecified atom stereocenters. The Bertz CT molecular complexity index is 571. The summed E-state index contributed by atoms with van der Waals surface area (Å²) in [5, 5.41) is 3.01. The van der Waals surface area contributed by atoms with Crippen LogP contribution in [0.15, 0.2) is 9.95 Å². The van der Waals surface area contributed by atoms with E-state index in [1.165, 1.54) is 7.11 Å². The summed E-state index contributed by atoms with van der Waals surface area (Å²) in [6.07, 6.45) is 0.793. The largest absolute Gasteiger partial charge is 0.469 e. The molecule has 8 heteroatoms. The van der Waals surface area contributed by atoms with Crippen molar-refractivity contribution >= 4 is 23.6 Å². The molecular weight excluding hydrogens is 294 g/mol. The third-order valence-electron chi connectivity index (χ3n) is 2.78. The fourth-order valence-corrected chi connectivity index (χ4v) is 2.27. The lowest BCUT2D eigenvalue weighted by atomic mass is 10.2. The number of amides is 1. The highest BCUT2D eigenvalue weighted by Crippen LogP contribution is 2.12. The second kappa shape index (κ2) is 8.46. The molecular formula is C13H19N3O4S. The molecule has 1 aromatic heterocycles. The van der Waals surface area contributed by atoms with E-state index in [0.717, 1.165) is 17.5 Å². The van der Waals surface area contributed by atoms with Gasteiger partial charge in [0.1, 0.15) is 0 Å². The summed E-state index contributed by atoms with van der Waals surface area (Å²) < 4.78 is 4.47. The molecule has 0 aliphatic carbocycles. The smallest absolute Gasteiger partial charge is 0.307 e. The van der Waals surface area contributed by atoms with Crippen LogP contribution in [0, 0.1) is 6.92 Å². The highest BCUT2D eigenvalue weighted by Gasteiger charge is 2.09. The summed E-state index contributed by atoms with van der Waals surface area (Å²) in [5.74, 6) is -0.485. The minimum atomic E-state index is -0.375. The van der Waals surface area contributed by atoms with Gasteiger partial charge in [0.05, 0.1) is 25.0 Å². The van der Waals surface area contributed by atoms with Crippen molar-refractivity contribution in [2.45, 2.75) is 31.8 Å². The van der Waals surface area contributed by atoms with Gasteiger partial charge in [-0.25, -0.2) is 4.98 Å². The third-order valence-corrected chi connectivity index (χ3v) is 3.66. The van der Waals surface area contributed by atoms with Crippen LogP contribution in [-0.2, 0) is 20.7 Å². The molecule has 0 aromatic carbocycles. The third kappa shape index (κ3) is 5.58. The fraction of sp³-hybridized carbons (Fsp3) is 0.538. The minimum absolute atomic E-state index is 0.121. The van der Waals surface area contributed by atoms with E-state index in [4.69, 9.17) is 0 Å². The van der Waals surface area contributed by atoms with Gasteiger partial charge < -0.3 is 15.0 Å². The van der Waals surface area contributed by atoms with Crippen molar-refractivity contribution < 1.29 is 14.3 Å². The van der Waals surface area contributed by atoms with Gasteiger partial charge in [0.2, 0.25) is 5.91 Å². The summed E-state index contributed by atoms with van der Waals surface area (Å²) in [4.78, 5) is 41.1. The maximum absolute atomic E-state index is 11.7. The fourth-order valence-electron chi connectivity index (χ4n) is 1.56. The number of nitrogens with one attached hydrogen (secondary N) is 2. The van der Waals surface area contributed by atoms with Crippen LogP contribution >= 0.6 is 11.8 Å². The molecule has 0 aliphatic heterocycles. The van der Waals surface area contributed by atoms with Crippen molar-refractivity contribution in [3.63, 3.8) is 0 Å². The van der Waals surface area contributed by atoms with Gasteiger partial charge in [-0.05, 0) is 13.3 Å². The maximum atomic E-state index is 11.7. The molecule has 116 valence electrons. The first-order chi connectivity index (χ1) is 9.97. The first-order valence-electron chi connectivity index (χ1n) is 6.54. The molecule has 1 amide bonds. The Morgan fingerprint density at radius 2 is 2.14 bits per heavy atom. The Balaban J connectivity index is 2.48. The average Bonchev–Trinajstić information content (AvgIpc) is 2.48. The molecule has 0 atom stereocenters. The van der Waals surface area contributed by atoms with Crippen molar-refractivity contribution in [1.29, 1.82) is 0 Å². The Kier molecular flexibility index (Phi) is 6.93. The van der Waals surface area contributed by atoms with E-state index in [1.54, 1.807) is 6.92 Å². The summed E-state index contributed by atoms with van der Waals surface area (Å²) in [6, 6.07) is 0. The number of esters is 1. The standard InChI is InChI=1S/C13H19N3O4S/c1-4-9-8(2)12(19)16-13(15-9)21-7-10(17)14-6-5-11(18)20-3/h4-7H2,1-3H3,(H,14,17)(H,15,16,19). The van der Waals surface area contributed by atoms with Crippen LogP contribution in [0.2, 0.25) is 0 Å². The lowest BCUT2D eigenvalue weighted by Gasteiger charge is -2.06. The Hall–Kier alpha value is -1.83. The highest BCUT2D eigenvalue weighted by atomic mass is 32.2. The van der Waals surface area contributed by atoms with Gasteiger partial charge >= 0.3 is 5.97 Å². The highest BCUT2D eigenvalue weighted by molar-refractivity contribution is 7.99. The quantitative estimate of drug-likeness (QED) is 0.429. The van der Waals surface area contributed by atoms with Gasteiger partial charge in [0, 0.05) is 12.1 Å². The minimum Gasteiger partial charge on any atom is -0.469 e. The molecule has 1 aromatic rings. The van der Waals surface area contributed by atoms with Gasteiger partial charge in [-0.3, -0.25) is 14.4 Å². The van der Waals surface area contributed by atoms with Crippen LogP contribution in [0.3, 0.4) is 0 Å². The van der Waals surface area contributed by atoms with Crippen molar-refractivity contribution in [2.24, 2.45) is 0 Å². The lowest BCUT2D eigenvalue weighted by molar-refractivity contribution is -0.140. The topological polar surface area (TPSA) is 101 Å². The number of thioether (sulfide) groups is 1. The van der Waals surface area contributed by atoms with Gasteiger partial charge in [0.15, 0.2) is 5.16 Å². The van der Waals surface area contributed by atoms with Crippen LogP contribution in [0.5, 0.6) is 0 Å². The number of carbonyl (C=O) groups excluding carboxylic acids is 2. The summed E-state index contributed by atoms with van der Waals surface area (Å²) in [5.41, 5.74) is 1.15. The van der Waals surface area contributed by atoms with E-state index in [0.29, 0.717) is 17.1 Å². The second-order valence-corrected chi connectivity index (χ2v) is 5.23. The van der Waals surface area contributed by atoms with Gasteiger partial charge in [-0.15, -0.1) is 0 Å². The van der Waals surface area contributed by atoms with Crippen LogP contribution in [-0.4, -0.2) is 41.3 Å². The summed E-state index contributed by atoms with van der Waals surface area (Å²) in [6.45, 7) is 3.87. The van der Waals surface area contributed by atoms with E-state index >= 15 is 0 Å². The molecule has 0 bridgehead atoms. The number of hydrogen-bond donors (Lipinski definition) is 2. The molecule has 0 saturated heterocycles. The molecule has 1 heterocycles. The zero-order valence-corrected chi connectivity index (χ0v) is 13.1. The normalized spacial score (nSPS) is 10.2. The molecule has 2 N–H and O–H groups in total. The van der Waals surface area contributed by atoms with Gasteiger partial charge in [-0.1, -0.05) is 18.7 Å². The number of rotatable bonds is 7.